The quantitative estimate of drug-likeness (QED) is 0.397. The molecule has 3 N–H and O–H groups in total. The van der Waals surface area contributed by atoms with Gasteiger partial charge in [0.05, 0.1) is 37.2 Å². The molecule has 3 saturated heterocycles. The van der Waals surface area contributed by atoms with E-state index in [-0.39, 0.29) is 30.2 Å². The lowest BCUT2D eigenvalue weighted by Gasteiger charge is -2.38. The summed E-state index contributed by atoms with van der Waals surface area (Å²) in [4.78, 5) is 43.3. The van der Waals surface area contributed by atoms with Crippen molar-refractivity contribution in [3.63, 3.8) is 0 Å². The Morgan fingerprint density at radius 1 is 1.12 bits per heavy atom. The predicted molar refractivity (Wildman–Crippen MR) is 149 cm³/mol. The zero-order valence-corrected chi connectivity index (χ0v) is 23.3. The molecule has 214 valence electrons. The molecule has 7 atom stereocenters. The number of carbonyl (C=O) groups excluding carboxylic acids is 3. The summed E-state index contributed by atoms with van der Waals surface area (Å²) in [6.45, 7) is 6.43. The number of nitrogens with one attached hydrogen (secondary N) is 2. The fourth-order valence-corrected chi connectivity index (χ4v) is 6.77. The van der Waals surface area contributed by atoms with Gasteiger partial charge < -0.3 is 30.1 Å². The van der Waals surface area contributed by atoms with Crippen molar-refractivity contribution in [2.75, 3.05) is 18.5 Å². The summed E-state index contributed by atoms with van der Waals surface area (Å²) in [5, 5.41) is 16.4. The number of aliphatic hydroxyl groups excluding tert-OH is 1. The van der Waals surface area contributed by atoms with E-state index in [0.717, 1.165) is 12.0 Å². The van der Waals surface area contributed by atoms with Gasteiger partial charge >= 0.3 is 0 Å². The first kappa shape index (κ1) is 28.1. The second-order valence-corrected chi connectivity index (χ2v) is 11.1. The minimum atomic E-state index is -1.12. The largest absolute Gasteiger partial charge is 0.494 e. The van der Waals surface area contributed by atoms with Crippen LogP contribution in [0.5, 0.6) is 5.75 Å². The summed E-state index contributed by atoms with van der Waals surface area (Å²) in [7, 11) is 0. The van der Waals surface area contributed by atoms with Crippen LogP contribution in [0.4, 0.5) is 5.69 Å². The van der Waals surface area contributed by atoms with Gasteiger partial charge in [0.15, 0.2) is 0 Å². The van der Waals surface area contributed by atoms with E-state index >= 15 is 0 Å². The van der Waals surface area contributed by atoms with Gasteiger partial charge in [-0.15, -0.1) is 0 Å². The molecule has 2 unspecified atom stereocenters. The summed E-state index contributed by atoms with van der Waals surface area (Å²) in [6.07, 6.45) is 1.34. The molecule has 0 aromatic heterocycles. The highest BCUT2D eigenvalue weighted by Crippen LogP contribution is 2.59. The van der Waals surface area contributed by atoms with Gasteiger partial charge in [0.2, 0.25) is 17.7 Å². The number of benzene rings is 2. The summed E-state index contributed by atoms with van der Waals surface area (Å²) in [5.74, 6) is -1.82. The number of aliphatic hydroxyl groups is 1. The number of ether oxygens (including phenoxy) is 2. The molecule has 9 heteroatoms. The number of hydrogen-bond acceptors (Lipinski definition) is 6. The van der Waals surface area contributed by atoms with Gasteiger partial charge in [-0.1, -0.05) is 50.6 Å². The van der Waals surface area contributed by atoms with Crippen LogP contribution in [0.1, 0.15) is 45.6 Å². The Morgan fingerprint density at radius 3 is 2.50 bits per heavy atom. The molecule has 5 rings (SSSR count). The number of rotatable bonds is 11. The van der Waals surface area contributed by atoms with Gasteiger partial charge in [-0.25, -0.2) is 0 Å². The minimum Gasteiger partial charge on any atom is -0.494 e. The van der Waals surface area contributed by atoms with Gasteiger partial charge in [0.25, 0.3) is 0 Å². The third-order valence-corrected chi connectivity index (χ3v) is 8.88. The van der Waals surface area contributed by atoms with Crippen LogP contribution >= 0.6 is 0 Å². The minimum absolute atomic E-state index is 0.0538. The lowest BCUT2D eigenvalue weighted by Crippen LogP contribution is -2.59. The van der Waals surface area contributed by atoms with E-state index in [1.165, 1.54) is 4.90 Å². The summed E-state index contributed by atoms with van der Waals surface area (Å²) >= 11 is 0. The molecule has 0 aliphatic carbocycles. The van der Waals surface area contributed by atoms with Crippen molar-refractivity contribution in [1.29, 1.82) is 0 Å². The van der Waals surface area contributed by atoms with Crippen molar-refractivity contribution >= 4 is 23.4 Å². The smallest absolute Gasteiger partial charge is 0.246 e. The van der Waals surface area contributed by atoms with Crippen molar-refractivity contribution in [2.24, 2.45) is 17.8 Å². The van der Waals surface area contributed by atoms with Gasteiger partial charge in [0, 0.05) is 12.2 Å². The van der Waals surface area contributed by atoms with Crippen molar-refractivity contribution in [3.05, 3.63) is 60.2 Å². The fourth-order valence-electron chi connectivity index (χ4n) is 6.77. The molecule has 40 heavy (non-hydrogen) atoms. The zero-order valence-electron chi connectivity index (χ0n) is 23.3. The van der Waals surface area contributed by atoms with Crippen molar-refractivity contribution in [3.8, 4) is 5.75 Å². The SMILES string of the molecule is CCOc1ccc(NC(=O)[C@@H]2[C@@H]3CCC4(O3)C(C(=O)NCc3ccccc3)N([C@@H](CO)[C@@H](C)CC)C(=O)[C@H]24)cc1. The molecule has 9 nitrogen and oxygen atoms in total. The average Bonchev–Trinajstić information content (AvgIpc) is 3.61. The summed E-state index contributed by atoms with van der Waals surface area (Å²) < 4.78 is 12.0. The van der Waals surface area contributed by atoms with Crippen LogP contribution in [0.3, 0.4) is 0 Å². The maximum Gasteiger partial charge on any atom is 0.246 e. The summed E-state index contributed by atoms with van der Waals surface area (Å²) in [6, 6.07) is 15.2. The van der Waals surface area contributed by atoms with E-state index in [4.69, 9.17) is 9.47 Å². The number of hydrogen-bond donors (Lipinski definition) is 3. The Bertz CT molecular complexity index is 1220. The monoisotopic (exact) mass is 549 g/mol. The first-order valence-electron chi connectivity index (χ1n) is 14.3. The molecule has 3 heterocycles. The molecule has 1 spiro atoms. The topological polar surface area (TPSA) is 117 Å². The molecule has 3 fully saturated rings. The predicted octanol–water partition coefficient (Wildman–Crippen LogP) is 3.12. The Hall–Kier alpha value is -3.43. The van der Waals surface area contributed by atoms with E-state index < -0.39 is 35.6 Å². The van der Waals surface area contributed by atoms with Gasteiger partial charge in [0.1, 0.15) is 17.4 Å². The number of nitrogens with zero attached hydrogens (tertiary/aromatic N) is 1. The Morgan fingerprint density at radius 2 is 1.85 bits per heavy atom. The highest BCUT2D eigenvalue weighted by molar-refractivity contribution is 6.02. The van der Waals surface area contributed by atoms with Crippen molar-refractivity contribution in [2.45, 2.75) is 70.4 Å². The lowest BCUT2D eigenvalue weighted by atomic mass is 9.70. The second-order valence-electron chi connectivity index (χ2n) is 11.1. The summed E-state index contributed by atoms with van der Waals surface area (Å²) in [5.41, 5.74) is 0.410. The van der Waals surface area contributed by atoms with Crippen LogP contribution in [0.2, 0.25) is 0 Å². The van der Waals surface area contributed by atoms with E-state index in [1.54, 1.807) is 24.3 Å². The molecule has 2 aromatic carbocycles. The average molecular weight is 550 g/mol. The third kappa shape index (κ3) is 4.86. The maximum atomic E-state index is 14.2. The van der Waals surface area contributed by atoms with Gasteiger partial charge in [-0.2, -0.15) is 0 Å². The fraction of sp³-hybridized carbons (Fsp3) is 0.516. The molecule has 3 aliphatic heterocycles. The molecule has 0 saturated carbocycles. The number of anilines is 1. The second kappa shape index (κ2) is 11.6. The number of fused-ring (bicyclic) bond motifs is 1. The maximum absolute atomic E-state index is 14.2. The molecular formula is C31H39N3O6. The normalized spacial score (nSPS) is 28.2. The number of carbonyl (C=O) groups is 3. The first-order chi connectivity index (χ1) is 19.3. The van der Waals surface area contributed by atoms with Crippen molar-refractivity contribution < 1.29 is 29.0 Å². The lowest BCUT2D eigenvalue weighted by molar-refractivity contribution is -0.146. The van der Waals surface area contributed by atoms with E-state index in [0.29, 0.717) is 37.4 Å². The van der Waals surface area contributed by atoms with Gasteiger partial charge in [-0.3, -0.25) is 14.4 Å². The molecule has 2 aromatic rings. The highest BCUT2D eigenvalue weighted by Gasteiger charge is 2.75. The Kier molecular flexibility index (Phi) is 8.14. The first-order valence-corrected chi connectivity index (χ1v) is 14.3. The van der Waals surface area contributed by atoms with Crippen LogP contribution in [-0.4, -0.2) is 64.7 Å². The van der Waals surface area contributed by atoms with Crippen LogP contribution in [-0.2, 0) is 25.7 Å². The van der Waals surface area contributed by atoms with Crippen molar-refractivity contribution in [1.82, 2.24) is 10.2 Å². The molecule has 3 amide bonds. The molecule has 0 radical (unpaired) electrons. The standard InChI is InChI=1S/C31H39N3O6/c1-4-19(3)23(18-35)34-27(29(37)32-17-20-9-7-6-8-10-20)31-16-15-24(40-31)25(26(31)30(34)38)28(36)33-21-11-13-22(14-12-21)39-5-2/h6-14,19,23-27,35H,4-5,15-18H2,1-3H3,(H,32,37)(H,33,36)/t19-,23-,24-,25+,26-,27?,31?/m0/s1. The van der Waals surface area contributed by atoms with Crippen LogP contribution in [0.25, 0.3) is 0 Å². The third-order valence-electron chi connectivity index (χ3n) is 8.88. The van der Waals surface area contributed by atoms with Crippen LogP contribution < -0.4 is 15.4 Å². The van der Waals surface area contributed by atoms with E-state index in [2.05, 4.69) is 10.6 Å². The number of likely N-dealkylation sites (tertiary alicyclic amines) is 1. The molecule has 3 aliphatic rings. The zero-order chi connectivity index (χ0) is 28.4. The molecular weight excluding hydrogens is 510 g/mol. The van der Waals surface area contributed by atoms with Gasteiger partial charge in [-0.05, 0) is 55.5 Å². The molecule has 2 bridgehead atoms. The van der Waals surface area contributed by atoms with E-state index in [9.17, 15) is 19.5 Å². The highest BCUT2D eigenvalue weighted by atomic mass is 16.5. The Labute approximate surface area is 235 Å². The Balaban J connectivity index is 1.44. The number of amides is 3. The van der Waals surface area contributed by atoms with Crippen LogP contribution in [0.15, 0.2) is 54.6 Å². The van der Waals surface area contributed by atoms with E-state index in [1.807, 2.05) is 51.1 Å². The van der Waals surface area contributed by atoms with Crippen LogP contribution in [0, 0.1) is 17.8 Å².